The summed E-state index contributed by atoms with van der Waals surface area (Å²) in [5.41, 5.74) is 4.54. The molecule has 0 aliphatic carbocycles. The maximum Gasteiger partial charge on any atom is 0.282 e. The second-order valence-corrected chi connectivity index (χ2v) is 6.98. The van der Waals surface area contributed by atoms with Gasteiger partial charge in [-0.1, -0.05) is 17.7 Å². The molecule has 1 N–H and O–H groups in total. The molecule has 4 heteroatoms. The van der Waals surface area contributed by atoms with Gasteiger partial charge in [0.15, 0.2) is 6.04 Å². The molecule has 1 aromatic carbocycles. The van der Waals surface area contributed by atoms with E-state index in [1.54, 1.807) is 0 Å². The van der Waals surface area contributed by atoms with E-state index in [0.717, 1.165) is 40.9 Å². The summed E-state index contributed by atoms with van der Waals surface area (Å²) < 4.78 is 0.940. The molecule has 1 saturated heterocycles. The van der Waals surface area contributed by atoms with E-state index >= 15 is 0 Å². The van der Waals surface area contributed by atoms with Crippen LogP contribution in [0.3, 0.4) is 0 Å². The van der Waals surface area contributed by atoms with Gasteiger partial charge >= 0.3 is 0 Å². The van der Waals surface area contributed by atoms with Crippen molar-refractivity contribution < 1.29 is 42.0 Å². The van der Waals surface area contributed by atoms with E-state index in [4.69, 9.17) is 0 Å². The van der Waals surface area contributed by atoms with Crippen LogP contribution in [0.4, 0.5) is 5.69 Å². The predicted molar refractivity (Wildman–Crippen MR) is 93.1 cm³/mol. The smallest absolute Gasteiger partial charge is 0.282 e. The Morgan fingerprint density at radius 2 is 1.65 bits per heavy atom. The standard InChI is InChI=1S/C19H30N2O.Y/c1-6-21(10-8-7-9-11-21)17(5)19(22)20-18-15(3)12-14(2)13-16(18)4;/h12-13,17H,6-11H2,1-5H3;/p+1. The number of piperidine rings is 1. The number of rotatable bonds is 4. The molecule has 0 saturated carbocycles. The van der Waals surface area contributed by atoms with Gasteiger partial charge in [-0.2, -0.15) is 0 Å². The monoisotopic (exact) mass is 392 g/mol. The average Bonchev–Trinajstić information content (AvgIpc) is 2.50. The van der Waals surface area contributed by atoms with Gasteiger partial charge in [-0.15, -0.1) is 0 Å². The number of aryl methyl sites for hydroxylation is 3. The molecule has 1 aromatic rings. The van der Waals surface area contributed by atoms with Crippen molar-refractivity contribution in [2.45, 2.75) is 59.9 Å². The molecular weight excluding hydrogens is 361 g/mol. The van der Waals surface area contributed by atoms with E-state index in [2.05, 4.69) is 52.1 Å². The number of quaternary nitrogens is 1. The molecule has 1 aliphatic rings. The second kappa shape index (κ2) is 8.73. The molecule has 0 aromatic heterocycles. The van der Waals surface area contributed by atoms with Crippen LogP contribution in [0, 0.1) is 20.8 Å². The Kier molecular flexibility index (Phi) is 7.90. The summed E-state index contributed by atoms with van der Waals surface area (Å²) in [5.74, 6) is 0.166. The van der Waals surface area contributed by atoms with E-state index in [-0.39, 0.29) is 44.7 Å². The number of nitrogens with zero attached hydrogens (tertiary/aromatic N) is 1. The molecule has 2 rings (SSSR count). The number of hydrogen-bond donors (Lipinski definition) is 1. The topological polar surface area (TPSA) is 29.1 Å². The molecule has 1 radical (unpaired) electrons. The molecule has 1 fully saturated rings. The maximum atomic E-state index is 12.8. The third-order valence-corrected chi connectivity index (χ3v) is 5.46. The van der Waals surface area contributed by atoms with Crippen LogP contribution in [-0.4, -0.2) is 36.1 Å². The number of likely N-dealkylation sites (N-methyl/N-ethyl adjacent to an activating group) is 1. The number of anilines is 1. The van der Waals surface area contributed by atoms with Gasteiger partial charge in [-0.3, -0.25) is 4.79 Å². The first-order valence-electron chi connectivity index (χ1n) is 8.64. The first-order chi connectivity index (χ1) is 10.4. The second-order valence-electron chi connectivity index (χ2n) is 6.98. The van der Waals surface area contributed by atoms with Gasteiger partial charge in [0, 0.05) is 38.4 Å². The van der Waals surface area contributed by atoms with Gasteiger partial charge in [0.2, 0.25) is 0 Å². The van der Waals surface area contributed by atoms with Crippen molar-refractivity contribution in [3.05, 3.63) is 28.8 Å². The zero-order valence-electron chi connectivity index (χ0n) is 15.4. The van der Waals surface area contributed by atoms with Gasteiger partial charge in [-0.05, 0) is 65.0 Å². The van der Waals surface area contributed by atoms with Gasteiger partial charge < -0.3 is 9.80 Å². The molecule has 1 unspecified atom stereocenters. The molecule has 0 spiro atoms. The van der Waals surface area contributed by atoms with E-state index in [9.17, 15) is 4.79 Å². The summed E-state index contributed by atoms with van der Waals surface area (Å²) in [7, 11) is 0. The van der Waals surface area contributed by atoms with Crippen molar-refractivity contribution in [2.24, 2.45) is 0 Å². The van der Waals surface area contributed by atoms with E-state index < -0.39 is 0 Å². The minimum absolute atomic E-state index is 0. The van der Waals surface area contributed by atoms with Crippen molar-refractivity contribution in [1.82, 2.24) is 0 Å². The summed E-state index contributed by atoms with van der Waals surface area (Å²) in [6.07, 6.45) is 3.80. The van der Waals surface area contributed by atoms with Gasteiger partial charge in [0.05, 0.1) is 19.6 Å². The number of likely N-dealkylation sites (tertiary alicyclic amines) is 1. The minimum Gasteiger partial charge on any atom is -0.320 e. The molecule has 1 atom stereocenters. The first-order valence-corrected chi connectivity index (χ1v) is 8.64. The third-order valence-electron chi connectivity index (χ3n) is 5.46. The van der Waals surface area contributed by atoms with Crippen LogP contribution in [-0.2, 0) is 37.5 Å². The Balaban J connectivity index is 0.00000264. The van der Waals surface area contributed by atoms with Crippen LogP contribution in [0.5, 0.6) is 0 Å². The molecular formula is C19H31N2OY+. The Morgan fingerprint density at radius 3 is 2.13 bits per heavy atom. The van der Waals surface area contributed by atoms with Crippen molar-refractivity contribution in [2.75, 3.05) is 25.0 Å². The number of carbonyl (C=O) groups excluding carboxylic acids is 1. The maximum absolute atomic E-state index is 12.8. The summed E-state index contributed by atoms with van der Waals surface area (Å²) in [5, 5.41) is 3.21. The fraction of sp³-hybridized carbons (Fsp3) is 0.632. The van der Waals surface area contributed by atoms with Crippen molar-refractivity contribution >= 4 is 11.6 Å². The van der Waals surface area contributed by atoms with Crippen LogP contribution in [0.1, 0.15) is 49.8 Å². The van der Waals surface area contributed by atoms with Crippen molar-refractivity contribution in [3.8, 4) is 0 Å². The molecule has 1 aliphatic heterocycles. The van der Waals surface area contributed by atoms with Crippen molar-refractivity contribution in [1.29, 1.82) is 0 Å². The van der Waals surface area contributed by atoms with Crippen molar-refractivity contribution in [3.63, 3.8) is 0 Å². The Bertz CT molecular complexity index is 527. The summed E-state index contributed by atoms with van der Waals surface area (Å²) in [4.78, 5) is 12.8. The summed E-state index contributed by atoms with van der Waals surface area (Å²) >= 11 is 0. The Hall–Kier alpha value is -0.246. The number of hydrogen-bond acceptors (Lipinski definition) is 1. The van der Waals surface area contributed by atoms with Crippen LogP contribution in [0.2, 0.25) is 0 Å². The van der Waals surface area contributed by atoms with E-state index in [0.29, 0.717) is 0 Å². The number of carbonyl (C=O) groups is 1. The third kappa shape index (κ3) is 4.64. The SMILES string of the molecule is CC[N+]1(C(C)C(=O)Nc2c(C)cc(C)cc2C)CCCCC1.[Y]. The van der Waals surface area contributed by atoms with E-state index in [1.807, 2.05) is 0 Å². The Labute approximate surface area is 166 Å². The van der Waals surface area contributed by atoms with Crippen LogP contribution in [0.15, 0.2) is 12.1 Å². The Morgan fingerprint density at radius 1 is 1.13 bits per heavy atom. The van der Waals surface area contributed by atoms with Crippen LogP contribution >= 0.6 is 0 Å². The fourth-order valence-electron chi connectivity index (χ4n) is 3.97. The van der Waals surface area contributed by atoms with Crippen LogP contribution < -0.4 is 5.32 Å². The number of nitrogens with one attached hydrogen (secondary N) is 1. The predicted octanol–water partition coefficient (Wildman–Crippen LogP) is 3.96. The first kappa shape index (κ1) is 20.8. The minimum atomic E-state index is 0. The molecule has 1 heterocycles. The molecule has 0 bridgehead atoms. The van der Waals surface area contributed by atoms with Gasteiger partial charge in [0.25, 0.3) is 5.91 Å². The zero-order valence-corrected chi connectivity index (χ0v) is 18.2. The molecule has 125 valence electrons. The number of benzene rings is 1. The van der Waals surface area contributed by atoms with Crippen LogP contribution in [0.25, 0.3) is 0 Å². The quantitative estimate of drug-likeness (QED) is 0.773. The summed E-state index contributed by atoms with van der Waals surface area (Å²) in [6.45, 7) is 13.9. The largest absolute Gasteiger partial charge is 0.320 e. The molecule has 1 amide bonds. The van der Waals surface area contributed by atoms with Gasteiger partial charge in [0.1, 0.15) is 0 Å². The normalized spacial score (nSPS) is 18.0. The molecule has 23 heavy (non-hydrogen) atoms. The summed E-state index contributed by atoms with van der Waals surface area (Å²) in [6, 6.07) is 4.29. The van der Waals surface area contributed by atoms with E-state index in [1.165, 1.54) is 24.8 Å². The fourth-order valence-corrected chi connectivity index (χ4v) is 3.97. The zero-order chi connectivity index (χ0) is 16.3. The van der Waals surface area contributed by atoms with Gasteiger partial charge in [-0.25, -0.2) is 0 Å². The average molecular weight is 392 g/mol. The molecule has 3 nitrogen and oxygen atoms in total. The number of amides is 1.